The molecule has 0 saturated heterocycles. The van der Waals surface area contributed by atoms with Crippen molar-refractivity contribution < 1.29 is 19.1 Å². The zero-order valence-corrected chi connectivity index (χ0v) is 11.7. The molecule has 6 heteroatoms. The average molecular weight is 278 g/mol. The zero-order chi connectivity index (χ0) is 15.1. The molecule has 6 nitrogen and oxygen atoms in total. The smallest absolute Gasteiger partial charge is 0.338 e. The quantitative estimate of drug-likeness (QED) is 0.815. The normalized spacial score (nSPS) is 11.3. The van der Waals surface area contributed by atoms with Gasteiger partial charge in [-0.05, 0) is 32.9 Å². The summed E-state index contributed by atoms with van der Waals surface area (Å²) in [5, 5.41) is 4.49. The zero-order valence-electron chi connectivity index (χ0n) is 11.7. The molecule has 1 rings (SSSR count). The molecule has 0 bridgehead atoms. The highest BCUT2D eigenvalue weighted by atomic mass is 16.5. The van der Waals surface area contributed by atoms with Gasteiger partial charge in [-0.2, -0.15) is 0 Å². The summed E-state index contributed by atoms with van der Waals surface area (Å²) in [6.07, 6.45) is -1.05. The van der Waals surface area contributed by atoms with Crippen molar-refractivity contribution in [3.63, 3.8) is 0 Å². The number of nitrogens with one attached hydrogen (secondary N) is 2. The van der Waals surface area contributed by atoms with Crippen molar-refractivity contribution in [3.05, 3.63) is 35.4 Å². The molecule has 0 unspecified atom stereocenters. The first-order valence-corrected chi connectivity index (χ1v) is 6.30. The predicted molar refractivity (Wildman–Crippen MR) is 73.3 cm³/mol. The number of carbonyl (C=O) groups is 3. The number of rotatable bonds is 4. The monoisotopic (exact) mass is 278 g/mol. The fraction of sp³-hybridized carbons (Fsp3) is 0.357. The Hall–Kier alpha value is -2.37. The minimum atomic E-state index is -1.05. The highest BCUT2D eigenvalue weighted by Gasteiger charge is 2.20. The number of ether oxygens (including phenoxy) is 1. The Morgan fingerprint density at radius 3 is 2.35 bits per heavy atom. The van der Waals surface area contributed by atoms with Gasteiger partial charge in [0.25, 0.3) is 5.91 Å². The van der Waals surface area contributed by atoms with E-state index in [9.17, 15) is 14.4 Å². The van der Waals surface area contributed by atoms with Crippen LogP contribution in [0.3, 0.4) is 0 Å². The van der Waals surface area contributed by atoms with Crippen LogP contribution < -0.4 is 10.6 Å². The van der Waals surface area contributed by atoms with Crippen molar-refractivity contribution in [3.8, 4) is 0 Å². The van der Waals surface area contributed by atoms with Gasteiger partial charge in [0.2, 0.25) is 0 Å². The van der Waals surface area contributed by atoms with Gasteiger partial charge < -0.3 is 10.1 Å². The van der Waals surface area contributed by atoms with Crippen LogP contribution in [-0.2, 0) is 9.53 Å². The van der Waals surface area contributed by atoms with E-state index in [1.54, 1.807) is 31.2 Å². The maximum absolute atomic E-state index is 11.8. The Morgan fingerprint density at radius 2 is 1.80 bits per heavy atom. The fourth-order valence-electron chi connectivity index (χ4n) is 1.39. The Morgan fingerprint density at radius 1 is 1.20 bits per heavy atom. The molecule has 0 spiro atoms. The largest absolute Gasteiger partial charge is 0.449 e. The van der Waals surface area contributed by atoms with Gasteiger partial charge in [0, 0.05) is 6.54 Å². The molecule has 0 radical (unpaired) electrons. The van der Waals surface area contributed by atoms with Gasteiger partial charge in [-0.15, -0.1) is 0 Å². The second-order valence-electron chi connectivity index (χ2n) is 4.26. The van der Waals surface area contributed by atoms with Crippen molar-refractivity contribution in [1.82, 2.24) is 10.6 Å². The van der Waals surface area contributed by atoms with E-state index in [1.165, 1.54) is 6.92 Å². The van der Waals surface area contributed by atoms with Gasteiger partial charge in [0.15, 0.2) is 6.10 Å². The van der Waals surface area contributed by atoms with E-state index in [4.69, 9.17) is 4.74 Å². The van der Waals surface area contributed by atoms with Gasteiger partial charge in [-0.3, -0.25) is 10.1 Å². The SMILES string of the molecule is CCNC(=O)NC(=O)[C@@H](C)OC(=O)c1ccc(C)cc1. The number of amides is 3. The molecule has 0 aliphatic heterocycles. The van der Waals surface area contributed by atoms with E-state index in [0.29, 0.717) is 12.1 Å². The number of imide groups is 1. The molecule has 0 saturated carbocycles. The summed E-state index contributed by atoms with van der Waals surface area (Å²) in [4.78, 5) is 34.5. The highest BCUT2D eigenvalue weighted by molar-refractivity contribution is 5.98. The number of hydrogen-bond acceptors (Lipinski definition) is 4. The molecule has 0 aliphatic rings. The van der Waals surface area contributed by atoms with E-state index in [1.807, 2.05) is 6.92 Å². The minimum Gasteiger partial charge on any atom is -0.449 e. The van der Waals surface area contributed by atoms with Crippen LogP contribution in [0, 0.1) is 6.92 Å². The molecular weight excluding hydrogens is 260 g/mol. The number of hydrogen-bond donors (Lipinski definition) is 2. The summed E-state index contributed by atoms with van der Waals surface area (Å²) in [5.41, 5.74) is 1.37. The van der Waals surface area contributed by atoms with Crippen LogP contribution in [0.2, 0.25) is 0 Å². The highest BCUT2D eigenvalue weighted by Crippen LogP contribution is 2.06. The Kier molecular flexibility index (Phi) is 5.71. The summed E-state index contributed by atoms with van der Waals surface area (Å²) < 4.78 is 4.99. The number of urea groups is 1. The molecule has 0 heterocycles. The maximum atomic E-state index is 11.8. The lowest BCUT2D eigenvalue weighted by atomic mass is 10.1. The van der Waals surface area contributed by atoms with Crippen molar-refractivity contribution in [2.75, 3.05) is 6.54 Å². The second kappa shape index (κ2) is 7.28. The molecule has 2 N–H and O–H groups in total. The van der Waals surface area contributed by atoms with Crippen molar-refractivity contribution in [1.29, 1.82) is 0 Å². The lowest BCUT2D eigenvalue weighted by molar-refractivity contribution is -0.127. The van der Waals surface area contributed by atoms with Crippen LogP contribution in [0.15, 0.2) is 24.3 Å². The maximum Gasteiger partial charge on any atom is 0.338 e. The Bertz CT molecular complexity index is 496. The summed E-state index contributed by atoms with van der Waals surface area (Å²) in [6, 6.07) is 6.17. The Balaban J connectivity index is 2.54. The molecule has 108 valence electrons. The standard InChI is InChI=1S/C14H18N2O4/c1-4-15-14(19)16-12(17)10(3)20-13(18)11-7-5-9(2)6-8-11/h5-8,10H,4H2,1-3H3,(H2,15,16,17,19)/t10-/m1/s1. The first-order chi connectivity index (χ1) is 9.43. The molecule has 1 atom stereocenters. The third-order valence-corrected chi connectivity index (χ3v) is 2.51. The van der Waals surface area contributed by atoms with Crippen LogP contribution in [0.4, 0.5) is 4.79 Å². The summed E-state index contributed by atoms with van der Waals surface area (Å²) in [6.45, 7) is 5.43. The predicted octanol–water partition coefficient (Wildman–Crippen LogP) is 1.39. The van der Waals surface area contributed by atoms with Gasteiger partial charge in [0.05, 0.1) is 5.56 Å². The van der Waals surface area contributed by atoms with E-state index in [0.717, 1.165) is 5.56 Å². The first-order valence-electron chi connectivity index (χ1n) is 6.30. The van der Waals surface area contributed by atoms with Crippen LogP contribution in [0.25, 0.3) is 0 Å². The summed E-state index contributed by atoms with van der Waals surface area (Å²) in [7, 11) is 0. The molecule has 0 fully saturated rings. The molecule has 1 aromatic rings. The van der Waals surface area contributed by atoms with Crippen molar-refractivity contribution >= 4 is 17.9 Å². The van der Waals surface area contributed by atoms with Crippen LogP contribution in [-0.4, -0.2) is 30.6 Å². The van der Waals surface area contributed by atoms with Crippen LogP contribution in [0.1, 0.15) is 29.8 Å². The molecular formula is C14H18N2O4. The third-order valence-electron chi connectivity index (χ3n) is 2.51. The lowest BCUT2D eigenvalue weighted by Gasteiger charge is -2.13. The van der Waals surface area contributed by atoms with E-state index in [-0.39, 0.29) is 0 Å². The van der Waals surface area contributed by atoms with Crippen LogP contribution in [0.5, 0.6) is 0 Å². The van der Waals surface area contributed by atoms with E-state index >= 15 is 0 Å². The number of esters is 1. The van der Waals surface area contributed by atoms with Gasteiger partial charge in [0.1, 0.15) is 0 Å². The van der Waals surface area contributed by atoms with Gasteiger partial charge in [-0.1, -0.05) is 17.7 Å². The lowest BCUT2D eigenvalue weighted by Crippen LogP contribution is -2.44. The third kappa shape index (κ3) is 4.72. The summed E-state index contributed by atoms with van der Waals surface area (Å²) >= 11 is 0. The Labute approximate surface area is 117 Å². The van der Waals surface area contributed by atoms with Crippen molar-refractivity contribution in [2.24, 2.45) is 0 Å². The van der Waals surface area contributed by atoms with Gasteiger partial charge >= 0.3 is 12.0 Å². The van der Waals surface area contributed by atoms with Crippen LogP contribution >= 0.6 is 0 Å². The van der Waals surface area contributed by atoms with Gasteiger partial charge in [-0.25, -0.2) is 9.59 Å². The summed E-state index contributed by atoms with van der Waals surface area (Å²) in [5.74, 6) is -1.28. The molecule has 0 aliphatic carbocycles. The molecule has 1 aromatic carbocycles. The van der Waals surface area contributed by atoms with Crippen molar-refractivity contribution in [2.45, 2.75) is 26.9 Å². The topological polar surface area (TPSA) is 84.5 Å². The molecule has 3 amide bonds. The second-order valence-corrected chi connectivity index (χ2v) is 4.26. The van der Waals surface area contributed by atoms with E-state index < -0.39 is 24.0 Å². The number of aryl methyl sites for hydroxylation is 1. The fourth-order valence-corrected chi connectivity index (χ4v) is 1.39. The number of carbonyl (C=O) groups excluding carboxylic acids is 3. The first kappa shape index (κ1) is 15.7. The minimum absolute atomic E-state index is 0.355. The number of benzene rings is 1. The average Bonchev–Trinajstić information content (AvgIpc) is 2.39. The molecule has 0 aromatic heterocycles. The van der Waals surface area contributed by atoms with E-state index in [2.05, 4.69) is 10.6 Å². The molecule has 20 heavy (non-hydrogen) atoms.